The molecule has 15 heavy (non-hydrogen) atoms. The Bertz CT molecular complexity index is 316. The third-order valence-corrected chi connectivity index (χ3v) is 3.35. The van der Waals surface area contributed by atoms with Crippen LogP contribution in [0, 0.1) is 5.92 Å². The van der Waals surface area contributed by atoms with Crippen molar-refractivity contribution < 1.29 is 0 Å². The summed E-state index contributed by atoms with van der Waals surface area (Å²) in [5.41, 5.74) is 6.97. The van der Waals surface area contributed by atoms with E-state index in [1.54, 1.807) is 6.20 Å². The molecule has 1 aliphatic rings. The van der Waals surface area contributed by atoms with Crippen molar-refractivity contribution in [2.75, 3.05) is 23.7 Å². The number of nitrogen functional groups attached to an aromatic ring is 1. The van der Waals surface area contributed by atoms with E-state index in [0.29, 0.717) is 5.82 Å². The number of pyridine rings is 1. The number of anilines is 2. The van der Waals surface area contributed by atoms with Gasteiger partial charge < -0.3 is 10.6 Å². The summed E-state index contributed by atoms with van der Waals surface area (Å²) in [6, 6.07) is 4.02. The summed E-state index contributed by atoms with van der Waals surface area (Å²) in [6.45, 7) is 4.52. The van der Waals surface area contributed by atoms with Crippen molar-refractivity contribution in [2.45, 2.75) is 26.2 Å². The molecule has 0 radical (unpaired) electrons. The number of nitrogens with zero attached hydrogens (tertiary/aromatic N) is 2. The molecule has 0 aromatic carbocycles. The minimum absolute atomic E-state index is 0.660. The van der Waals surface area contributed by atoms with Gasteiger partial charge in [-0.25, -0.2) is 4.98 Å². The van der Waals surface area contributed by atoms with Crippen LogP contribution in [0.1, 0.15) is 26.2 Å². The second-order valence-corrected chi connectivity index (χ2v) is 4.25. The molecule has 0 unspecified atom stereocenters. The van der Waals surface area contributed by atoms with Crippen molar-refractivity contribution in [2.24, 2.45) is 5.92 Å². The minimum Gasteiger partial charge on any atom is -0.382 e. The fraction of sp³-hybridized carbons (Fsp3) is 0.583. The molecule has 2 N–H and O–H groups in total. The molecule has 0 saturated carbocycles. The average Bonchev–Trinajstić information content (AvgIpc) is 2.30. The van der Waals surface area contributed by atoms with Crippen molar-refractivity contribution in [1.82, 2.24) is 4.98 Å². The van der Waals surface area contributed by atoms with Gasteiger partial charge in [0.05, 0.1) is 5.69 Å². The highest BCUT2D eigenvalue weighted by atomic mass is 15.2. The van der Waals surface area contributed by atoms with Crippen LogP contribution in [-0.2, 0) is 0 Å². The van der Waals surface area contributed by atoms with E-state index in [9.17, 15) is 0 Å². The molecule has 1 aliphatic heterocycles. The maximum atomic E-state index is 5.87. The monoisotopic (exact) mass is 205 g/mol. The van der Waals surface area contributed by atoms with Crippen molar-refractivity contribution in [3.8, 4) is 0 Å². The van der Waals surface area contributed by atoms with Gasteiger partial charge in [-0.1, -0.05) is 13.3 Å². The van der Waals surface area contributed by atoms with Gasteiger partial charge in [-0.3, -0.25) is 0 Å². The van der Waals surface area contributed by atoms with E-state index in [1.807, 2.05) is 6.07 Å². The Balaban J connectivity index is 2.04. The number of hydrogen-bond acceptors (Lipinski definition) is 3. The lowest BCUT2D eigenvalue weighted by Crippen LogP contribution is -2.34. The zero-order chi connectivity index (χ0) is 10.7. The van der Waals surface area contributed by atoms with Gasteiger partial charge in [0, 0.05) is 19.3 Å². The van der Waals surface area contributed by atoms with Crippen LogP contribution in [0.5, 0.6) is 0 Å². The topological polar surface area (TPSA) is 42.2 Å². The quantitative estimate of drug-likeness (QED) is 0.805. The molecule has 3 heteroatoms. The molecule has 0 spiro atoms. The predicted octanol–water partition coefficient (Wildman–Crippen LogP) is 2.29. The molecule has 82 valence electrons. The van der Waals surface area contributed by atoms with Crippen LogP contribution in [0.15, 0.2) is 18.3 Å². The van der Waals surface area contributed by atoms with Crippen LogP contribution in [-0.4, -0.2) is 18.1 Å². The predicted molar refractivity (Wildman–Crippen MR) is 63.9 cm³/mol. The van der Waals surface area contributed by atoms with Crippen molar-refractivity contribution >= 4 is 11.5 Å². The molecular formula is C12H19N3. The van der Waals surface area contributed by atoms with Crippen LogP contribution < -0.4 is 10.6 Å². The number of hydrogen-bond donors (Lipinski definition) is 1. The van der Waals surface area contributed by atoms with Crippen molar-refractivity contribution in [1.29, 1.82) is 0 Å². The highest BCUT2D eigenvalue weighted by Crippen LogP contribution is 2.27. The number of rotatable bonds is 2. The van der Waals surface area contributed by atoms with E-state index in [0.717, 1.165) is 24.7 Å². The number of nitrogens with two attached hydrogens (primary N) is 1. The van der Waals surface area contributed by atoms with Crippen LogP contribution in [0.4, 0.5) is 11.5 Å². The second-order valence-electron chi connectivity index (χ2n) is 4.25. The zero-order valence-electron chi connectivity index (χ0n) is 9.32. The van der Waals surface area contributed by atoms with Gasteiger partial charge in [0.15, 0.2) is 0 Å². The largest absolute Gasteiger partial charge is 0.382 e. The lowest BCUT2D eigenvalue weighted by atomic mass is 9.94. The van der Waals surface area contributed by atoms with E-state index in [2.05, 4.69) is 22.9 Å². The molecule has 0 atom stereocenters. The van der Waals surface area contributed by atoms with Crippen molar-refractivity contribution in [3.63, 3.8) is 0 Å². The summed E-state index contributed by atoms with van der Waals surface area (Å²) in [6.07, 6.45) is 5.61. The third kappa shape index (κ3) is 2.22. The van der Waals surface area contributed by atoms with Crippen LogP contribution in [0.25, 0.3) is 0 Å². The summed E-state index contributed by atoms with van der Waals surface area (Å²) < 4.78 is 0. The maximum absolute atomic E-state index is 5.87. The molecule has 1 aromatic heterocycles. The van der Waals surface area contributed by atoms with E-state index in [4.69, 9.17) is 5.73 Å². The molecule has 2 heterocycles. The highest BCUT2D eigenvalue weighted by molar-refractivity contribution is 5.63. The van der Waals surface area contributed by atoms with Gasteiger partial charge in [0.25, 0.3) is 0 Å². The van der Waals surface area contributed by atoms with E-state index in [1.165, 1.54) is 19.3 Å². The zero-order valence-corrected chi connectivity index (χ0v) is 9.32. The molecule has 0 amide bonds. The van der Waals surface area contributed by atoms with Crippen LogP contribution >= 0.6 is 0 Å². The standard InChI is InChI=1S/C12H19N3/c1-2-10-5-8-15(9-6-10)11-4-3-7-14-12(11)13/h3-4,7,10H,2,5-6,8-9H2,1H3,(H2,13,14). The lowest BCUT2D eigenvalue weighted by Gasteiger charge is -2.33. The molecule has 1 fully saturated rings. The van der Waals surface area contributed by atoms with E-state index >= 15 is 0 Å². The summed E-state index contributed by atoms with van der Waals surface area (Å²) in [5.74, 6) is 1.56. The summed E-state index contributed by atoms with van der Waals surface area (Å²) in [5, 5.41) is 0. The fourth-order valence-corrected chi connectivity index (χ4v) is 2.26. The average molecular weight is 205 g/mol. The van der Waals surface area contributed by atoms with Gasteiger partial charge in [-0.2, -0.15) is 0 Å². The Morgan fingerprint density at radius 3 is 2.80 bits per heavy atom. The smallest absolute Gasteiger partial charge is 0.146 e. The molecule has 1 aromatic rings. The Labute approximate surface area is 91.3 Å². The molecule has 3 nitrogen and oxygen atoms in total. The molecular weight excluding hydrogens is 186 g/mol. The first-order valence-corrected chi connectivity index (χ1v) is 5.76. The first-order valence-electron chi connectivity index (χ1n) is 5.76. The van der Waals surface area contributed by atoms with Gasteiger partial charge in [-0.15, -0.1) is 0 Å². The third-order valence-electron chi connectivity index (χ3n) is 3.35. The summed E-state index contributed by atoms with van der Waals surface area (Å²) in [7, 11) is 0. The molecule has 0 bridgehead atoms. The summed E-state index contributed by atoms with van der Waals surface area (Å²) >= 11 is 0. The molecule has 2 rings (SSSR count). The van der Waals surface area contributed by atoms with Crippen molar-refractivity contribution in [3.05, 3.63) is 18.3 Å². The Hall–Kier alpha value is -1.25. The Morgan fingerprint density at radius 2 is 2.20 bits per heavy atom. The lowest BCUT2D eigenvalue weighted by molar-refractivity contribution is 0.395. The van der Waals surface area contributed by atoms with Crippen LogP contribution in [0.2, 0.25) is 0 Å². The highest BCUT2D eigenvalue weighted by Gasteiger charge is 2.19. The Kier molecular flexibility index (Phi) is 3.09. The van der Waals surface area contributed by atoms with Gasteiger partial charge in [-0.05, 0) is 30.9 Å². The summed E-state index contributed by atoms with van der Waals surface area (Å²) in [4.78, 5) is 6.49. The minimum atomic E-state index is 0.660. The number of piperidine rings is 1. The molecule has 1 saturated heterocycles. The number of aromatic nitrogens is 1. The Morgan fingerprint density at radius 1 is 1.47 bits per heavy atom. The van der Waals surface area contributed by atoms with E-state index in [-0.39, 0.29) is 0 Å². The first kappa shape index (κ1) is 10.3. The molecule has 0 aliphatic carbocycles. The first-order chi connectivity index (χ1) is 7.31. The van der Waals surface area contributed by atoms with Gasteiger partial charge >= 0.3 is 0 Å². The second kappa shape index (κ2) is 4.51. The van der Waals surface area contributed by atoms with Gasteiger partial charge in [0.1, 0.15) is 5.82 Å². The fourth-order valence-electron chi connectivity index (χ4n) is 2.26. The van der Waals surface area contributed by atoms with E-state index < -0.39 is 0 Å². The SMILES string of the molecule is CCC1CCN(c2cccnc2N)CC1. The van der Waals surface area contributed by atoms with Crippen LogP contribution in [0.3, 0.4) is 0 Å². The normalized spacial score (nSPS) is 18.1. The maximum Gasteiger partial charge on any atom is 0.146 e. The van der Waals surface area contributed by atoms with Gasteiger partial charge in [0.2, 0.25) is 0 Å².